The van der Waals surface area contributed by atoms with Gasteiger partial charge in [0.15, 0.2) is 0 Å². The quantitative estimate of drug-likeness (QED) is 0.513. The third-order valence-corrected chi connectivity index (χ3v) is 1.05. The van der Waals surface area contributed by atoms with Gasteiger partial charge in [0, 0.05) is 10.7 Å². The van der Waals surface area contributed by atoms with E-state index < -0.39 is 9.33 Å². The summed E-state index contributed by atoms with van der Waals surface area (Å²) in [5.41, 5.74) is 0. The minimum absolute atomic E-state index is 1.71. The summed E-state index contributed by atoms with van der Waals surface area (Å²) < 4.78 is 25.2. The molecule has 58 valence electrons. The smallest absolute Gasteiger partial charge is 0.273 e. The lowest BCUT2D eigenvalue weighted by Gasteiger charge is -1.65. The molecule has 0 bridgehead atoms. The number of hydrogen-bond donors (Lipinski definition) is 1. The van der Waals surface area contributed by atoms with Crippen LogP contribution in [0.1, 0.15) is 0 Å². The average Bonchev–Trinajstić information content (AvgIpc) is 2.07. The molecule has 10 heavy (non-hydrogen) atoms. The first-order valence-corrected chi connectivity index (χ1v) is 5.35. The predicted octanol–water partition coefficient (Wildman–Crippen LogP) is 1.78. The van der Waals surface area contributed by atoms with Crippen molar-refractivity contribution in [3.8, 4) is 0 Å². The van der Waals surface area contributed by atoms with Gasteiger partial charge in [0.25, 0.3) is 0 Å². The number of rotatable bonds is 0. The third-order valence-electron chi connectivity index (χ3n) is 0.425. The van der Waals surface area contributed by atoms with E-state index in [9.17, 15) is 0 Å². The highest BCUT2D eigenvalue weighted by Crippen LogP contribution is 1.91. The van der Waals surface area contributed by atoms with E-state index in [-0.39, 0.29) is 0 Å². The van der Waals surface area contributed by atoms with Crippen molar-refractivity contribution in [3.05, 3.63) is 22.9 Å². The average molecular weight is 201 g/mol. The van der Waals surface area contributed by atoms with Gasteiger partial charge in [-0.15, -0.1) is 0 Å². The summed E-state index contributed by atoms with van der Waals surface area (Å²) in [6.07, 6.45) is 0. The summed E-state index contributed by atoms with van der Waals surface area (Å²) in [6.45, 7) is 0. The molecule has 0 unspecified atom stereocenters. The van der Waals surface area contributed by atoms with Crippen molar-refractivity contribution in [1.82, 2.24) is 0 Å². The van der Waals surface area contributed by atoms with Crippen LogP contribution in [0.4, 0.5) is 0 Å². The standard InChI is InChI=1S/C4H4S.ClHO3S/c1-2-4-5-3-1;1-5(2,3)4/h1-4H;(H,2,3,4). The van der Waals surface area contributed by atoms with Gasteiger partial charge in [-0.2, -0.15) is 19.8 Å². The van der Waals surface area contributed by atoms with Gasteiger partial charge in [-0.25, -0.2) is 0 Å². The molecular formula is C4H5ClO3S2. The van der Waals surface area contributed by atoms with Crippen LogP contribution in [-0.4, -0.2) is 13.0 Å². The highest BCUT2D eigenvalue weighted by atomic mass is 35.7. The first kappa shape index (κ1) is 9.90. The number of thiophene rings is 1. The molecule has 0 aliphatic carbocycles. The van der Waals surface area contributed by atoms with Gasteiger partial charge >= 0.3 is 9.33 Å². The van der Waals surface area contributed by atoms with Gasteiger partial charge in [-0.3, -0.25) is 4.55 Å². The highest BCUT2D eigenvalue weighted by Gasteiger charge is 1.86. The minimum Gasteiger partial charge on any atom is -0.273 e. The molecule has 1 aromatic heterocycles. The van der Waals surface area contributed by atoms with Crippen LogP contribution in [0.25, 0.3) is 0 Å². The molecule has 0 aliphatic rings. The number of hydrogen-bond acceptors (Lipinski definition) is 3. The molecule has 0 aromatic carbocycles. The number of halogens is 1. The van der Waals surface area contributed by atoms with Crippen LogP contribution in [-0.2, 0) is 9.33 Å². The molecule has 3 nitrogen and oxygen atoms in total. The van der Waals surface area contributed by atoms with E-state index in [1.807, 2.05) is 22.9 Å². The lowest BCUT2D eigenvalue weighted by atomic mass is 10.7. The summed E-state index contributed by atoms with van der Waals surface area (Å²) in [5.74, 6) is 0. The van der Waals surface area contributed by atoms with Crippen molar-refractivity contribution >= 4 is 31.4 Å². The fourth-order valence-electron chi connectivity index (χ4n) is 0.227. The van der Waals surface area contributed by atoms with Crippen molar-refractivity contribution in [2.24, 2.45) is 0 Å². The molecule has 0 spiro atoms. The van der Waals surface area contributed by atoms with E-state index >= 15 is 0 Å². The van der Waals surface area contributed by atoms with Crippen LogP contribution in [0.5, 0.6) is 0 Å². The zero-order valence-electron chi connectivity index (χ0n) is 4.77. The Balaban J connectivity index is 0.000000162. The molecule has 1 heterocycles. The van der Waals surface area contributed by atoms with E-state index in [0.717, 1.165) is 0 Å². The Morgan fingerprint density at radius 2 is 1.60 bits per heavy atom. The SMILES string of the molecule is O=S(=O)(O)Cl.c1ccsc1. The molecule has 1 aromatic rings. The molecule has 0 radical (unpaired) electrons. The maximum absolute atomic E-state index is 8.95. The van der Waals surface area contributed by atoms with Crippen molar-refractivity contribution in [2.75, 3.05) is 0 Å². The molecule has 1 N–H and O–H groups in total. The zero-order valence-corrected chi connectivity index (χ0v) is 7.16. The van der Waals surface area contributed by atoms with E-state index in [1.54, 1.807) is 11.3 Å². The first-order chi connectivity index (χ1) is 4.50. The Hall–Kier alpha value is -0.100. The monoisotopic (exact) mass is 200 g/mol. The van der Waals surface area contributed by atoms with Crippen LogP contribution < -0.4 is 0 Å². The van der Waals surface area contributed by atoms with E-state index in [4.69, 9.17) is 13.0 Å². The molecule has 0 amide bonds. The second kappa shape index (κ2) is 4.68. The van der Waals surface area contributed by atoms with Gasteiger partial charge in [-0.05, 0) is 10.8 Å². The fraction of sp³-hybridized carbons (Fsp3) is 0. The predicted molar refractivity (Wildman–Crippen MR) is 41.7 cm³/mol. The summed E-state index contributed by atoms with van der Waals surface area (Å²) in [4.78, 5) is 0. The Morgan fingerprint density at radius 1 is 1.30 bits per heavy atom. The Labute approximate surface area is 67.5 Å². The van der Waals surface area contributed by atoms with Gasteiger partial charge in [0.1, 0.15) is 0 Å². The summed E-state index contributed by atoms with van der Waals surface area (Å²) >= 11 is 1.71. The largest absolute Gasteiger partial charge is 0.353 e. The molecule has 0 saturated carbocycles. The Kier molecular flexibility index (Phi) is 4.63. The second-order valence-corrected chi connectivity index (χ2v) is 4.02. The molecule has 0 saturated heterocycles. The van der Waals surface area contributed by atoms with Gasteiger partial charge in [0.2, 0.25) is 0 Å². The molecule has 1 rings (SSSR count). The first-order valence-electron chi connectivity index (χ1n) is 2.14. The molecule has 0 aliphatic heterocycles. The van der Waals surface area contributed by atoms with Crippen LogP contribution in [0.3, 0.4) is 0 Å². The van der Waals surface area contributed by atoms with Gasteiger partial charge in [-0.1, -0.05) is 12.1 Å². The van der Waals surface area contributed by atoms with Crippen molar-refractivity contribution in [2.45, 2.75) is 0 Å². The minimum atomic E-state index is -4.19. The van der Waals surface area contributed by atoms with E-state index in [2.05, 4.69) is 10.7 Å². The fourth-order valence-corrected chi connectivity index (χ4v) is 0.680. The molecule has 0 atom stereocenters. The van der Waals surface area contributed by atoms with Crippen LogP contribution in [0, 0.1) is 0 Å². The molecule has 0 fully saturated rings. The van der Waals surface area contributed by atoms with Crippen LogP contribution in [0.2, 0.25) is 0 Å². The summed E-state index contributed by atoms with van der Waals surface area (Å²) in [7, 11) is -0.137. The lowest BCUT2D eigenvalue weighted by molar-refractivity contribution is 0.501. The maximum Gasteiger partial charge on any atom is 0.353 e. The van der Waals surface area contributed by atoms with E-state index in [0.29, 0.717) is 0 Å². The van der Waals surface area contributed by atoms with E-state index in [1.165, 1.54) is 0 Å². The Bertz CT molecular complexity index is 214. The van der Waals surface area contributed by atoms with Gasteiger partial charge in [0.05, 0.1) is 0 Å². The molecular weight excluding hydrogens is 196 g/mol. The summed E-state index contributed by atoms with van der Waals surface area (Å²) in [6, 6.07) is 4.04. The topological polar surface area (TPSA) is 54.4 Å². The zero-order chi connectivity index (χ0) is 8.04. The van der Waals surface area contributed by atoms with Crippen molar-refractivity contribution in [1.29, 1.82) is 0 Å². The molecule has 6 heteroatoms. The third kappa shape index (κ3) is 15.7. The van der Waals surface area contributed by atoms with Crippen molar-refractivity contribution < 1.29 is 13.0 Å². The highest BCUT2D eigenvalue weighted by molar-refractivity contribution is 8.09. The normalized spacial score (nSPS) is 9.80. The van der Waals surface area contributed by atoms with Crippen LogP contribution >= 0.6 is 22.0 Å². The Morgan fingerprint density at radius 3 is 1.70 bits per heavy atom. The lowest BCUT2D eigenvalue weighted by Crippen LogP contribution is -1.77. The maximum atomic E-state index is 8.95. The van der Waals surface area contributed by atoms with Gasteiger partial charge < -0.3 is 0 Å². The second-order valence-electron chi connectivity index (χ2n) is 1.21. The summed E-state index contributed by atoms with van der Waals surface area (Å²) in [5, 5.41) is 4.08. The van der Waals surface area contributed by atoms with Crippen LogP contribution in [0.15, 0.2) is 22.9 Å². The van der Waals surface area contributed by atoms with Crippen molar-refractivity contribution in [3.63, 3.8) is 0 Å².